The highest BCUT2D eigenvalue weighted by molar-refractivity contribution is 5.88. The molecule has 0 spiro atoms. The number of nitrogens with two attached hydrogens (primary N) is 1. The Labute approximate surface area is 181 Å². The summed E-state index contributed by atoms with van der Waals surface area (Å²) >= 11 is 0. The molecule has 0 aliphatic carbocycles. The van der Waals surface area contributed by atoms with Gasteiger partial charge in [-0.2, -0.15) is 0 Å². The normalized spacial score (nSPS) is 19.2. The average molecular weight is 424 g/mol. The molecule has 1 amide bonds. The number of imidazole rings is 2. The van der Waals surface area contributed by atoms with Crippen molar-refractivity contribution in [1.29, 1.82) is 0 Å². The van der Waals surface area contributed by atoms with Gasteiger partial charge in [0.15, 0.2) is 0 Å². The second-order valence-electron chi connectivity index (χ2n) is 7.90. The summed E-state index contributed by atoms with van der Waals surface area (Å²) in [6.07, 6.45) is 10.1. The summed E-state index contributed by atoms with van der Waals surface area (Å²) in [4.78, 5) is 24.2. The third-order valence-electron chi connectivity index (χ3n) is 5.70. The number of hydrogen-bond acceptors (Lipinski definition) is 6. The molecule has 2 atom stereocenters. The van der Waals surface area contributed by atoms with E-state index in [1.807, 2.05) is 48.4 Å². The molecule has 0 saturated heterocycles. The zero-order valence-electron chi connectivity index (χ0n) is 17.9. The van der Waals surface area contributed by atoms with Crippen LogP contribution < -0.4 is 16.4 Å². The number of carbonyl (C=O) groups excluding carboxylic acids is 1. The van der Waals surface area contributed by atoms with Crippen LogP contribution in [0.5, 0.6) is 0 Å². The van der Waals surface area contributed by atoms with E-state index in [2.05, 4.69) is 25.6 Å². The van der Waals surface area contributed by atoms with Crippen LogP contribution in [0.1, 0.15) is 55.8 Å². The van der Waals surface area contributed by atoms with Gasteiger partial charge in [0.25, 0.3) is 0 Å². The number of methoxy groups -OCH3 is 1. The molecule has 2 bridgehead atoms. The minimum absolute atomic E-state index is 0.0175. The summed E-state index contributed by atoms with van der Waals surface area (Å²) in [5, 5.41) is 6.41. The fourth-order valence-corrected chi connectivity index (χ4v) is 4.00. The molecule has 31 heavy (non-hydrogen) atoms. The number of amides is 1. The largest absolute Gasteiger partial charge is 0.453 e. The lowest BCUT2D eigenvalue weighted by Gasteiger charge is -2.22. The van der Waals surface area contributed by atoms with E-state index in [9.17, 15) is 4.79 Å². The van der Waals surface area contributed by atoms with Crippen LogP contribution in [0, 0.1) is 0 Å². The Morgan fingerprint density at radius 3 is 2.87 bits per heavy atom. The maximum absolute atomic E-state index is 11.7. The van der Waals surface area contributed by atoms with Gasteiger partial charge in [-0.15, -0.1) is 0 Å². The molecule has 1 aliphatic heterocycles. The lowest BCUT2D eigenvalue weighted by molar-refractivity contribution is 0.187. The molecule has 3 heterocycles. The van der Waals surface area contributed by atoms with Crippen molar-refractivity contribution in [1.82, 2.24) is 19.5 Å². The van der Waals surface area contributed by atoms with Crippen molar-refractivity contribution in [2.75, 3.05) is 17.7 Å². The summed E-state index contributed by atoms with van der Waals surface area (Å²) in [5.41, 5.74) is 9.67. The highest BCUT2D eigenvalue weighted by Crippen LogP contribution is 2.35. The van der Waals surface area contributed by atoms with E-state index in [0.717, 1.165) is 60.7 Å². The first kappa shape index (κ1) is 20.9. The molecular formula is C22H29N7O2. The number of rotatable bonds is 2. The molecule has 2 aromatic heterocycles. The Hall–Kier alpha value is -3.33. The molecule has 4 rings (SSSR count). The van der Waals surface area contributed by atoms with Crippen LogP contribution in [0.15, 0.2) is 36.8 Å². The van der Waals surface area contributed by atoms with E-state index < -0.39 is 6.09 Å². The van der Waals surface area contributed by atoms with Gasteiger partial charge in [-0.3, -0.25) is 5.32 Å². The van der Waals surface area contributed by atoms with Crippen LogP contribution in [0.25, 0.3) is 11.3 Å². The number of fused-ring (bicyclic) bond motifs is 4. The van der Waals surface area contributed by atoms with Crippen molar-refractivity contribution >= 4 is 17.5 Å². The second-order valence-corrected chi connectivity index (χ2v) is 7.90. The molecule has 9 nitrogen and oxygen atoms in total. The van der Waals surface area contributed by atoms with Gasteiger partial charge in [-0.1, -0.05) is 19.3 Å². The number of carbonyl (C=O) groups is 1. The number of nitrogens with zero attached hydrogens (tertiary/aromatic N) is 3. The van der Waals surface area contributed by atoms with Crippen molar-refractivity contribution < 1.29 is 9.53 Å². The Morgan fingerprint density at radius 1 is 1.26 bits per heavy atom. The number of H-pyrrole nitrogens is 1. The number of benzene rings is 1. The van der Waals surface area contributed by atoms with Crippen molar-refractivity contribution in [2.45, 2.75) is 44.2 Å². The molecular weight excluding hydrogens is 394 g/mol. The number of aromatic amines is 1. The van der Waals surface area contributed by atoms with Crippen LogP contribution in [0.3, 0.4) is 0 Å². The number of aromatic nitrogens is 4. The van der Waals surface area contributed by atoms with Crippen LogP contribution in [-0.4, -0.2) is 32.7 Å². The Morgan fingerprint density at radius 2 is 2.10 bits per heavy atom. The van der Waals surface area contributed by atoms with Crippen LogP contribution >= 0.6 is 0 Å². The topological polar surface area (TPSA) is 123 Å². The maximum atomic E-state index is 11.7. The molecule has 1 aliphatic rings. The first-order valence-corrected chi connectivity index (χ1v) is 10.6. The van der Waals surface area contributed by atoms with Crippen molar-refractivity contribution in [2.24, 2.45) is 12.8 Å². The smallest absolute Gasteiger partial charge is 0.411 e. The van der Waals surface area contributed by atoms with Crippen LogP contribution in [0.4, 0.5) is 16.2 Å². The monoisotopic (exact) mass is 423 g/mol. The molecule has 9 heteroatoms. The SMILES string of the molecule is COC(=O)Nc1ccc2c(c1)N[C@@H](c1nccn1C)CCCCC[C@H](N)c1ncc-2[nH]1. The van der Waals surface area contributed by atoms with E-state index in [-0.39, 0.29) is 12.1 Å². The fraction of sp³-hybridized carbons (Fsp3) is 0.409. The van der Waals surface area contributed by atoms with Gasteiger partial charge in [0.05, 0.1) is 31.1 Å². The highest BCUT2D eigenvalue weighted by Gasteiger charge is 2.21. The van der Waals surface area contributed by atoms with Crippen molar-refractivity contribution in [3.8, 4) is 11.3 Å². The van der Waals surface area contributed by atoms with Crippen LogP contribution in [0.2, 0.25) is 0 Å². The average Bonchev–Trinajstić information content (AvgIpc) is 3.41. The van der Waals surface area contributed by atoms with E-state index >= 15 is 0 Å². The molecule has 0 radical (unpaired) electrons. The summed E-state index contributed by atoms with van der Waals surface area (Å²) in [6, 6.07) is 5.60. The minimum atomic E-state index is -0.514. The molecule has 164 valence electrons. The number of anilines is 2. The number of nitrogens with one attached hydrogen (secondary N) is 3. The highest BCUT2D eigenvalue weighted by atomic mass is 16.5. The van der Waals surface area contributed by atoms with Crippen molar-refractivity contribution in [3.63, 3.8) is 0 Å². The Kier molecular flexibility index (Phi) is 6.22. The van der Waals surface area contributed by atoms with Gasteiger partial charge >= 0.3 is 6.09 Å². The number of aryl methyl sites for hydroxylation is 1. The predicted octanol–water partition coefficient (Wildman–Crippen LogP) is 4.11. The lowest BCUT2D eigenvalue weighted by atomic mass is 10.0. The summed E-state index contributed by atoms with van der Waals surface area (Å²) in [7, 11) is 3.35. The minimum Gasteiger partial charge on any atom is -0.453 e. The maximum Gasteiger partial charge on any atom is 0.411 e. The molecule has 0 unspecified atom stereocenters. The van der Waals surface area contributed by atoms with E-state index in [1.165, 1.54) is 7.11 Å². The first-order chi connectivity index (χ1) is 15.0. The third kappa shape index (κ3) is 4.72. The Balaban J connectivity index is 1.76. The van der Waals surface area contributed by atoms with Crippen LogP contribution in [-0.2, 0) is 11.8 Å². The van der Waals surface area contributed by atoms with Gasteiger partial charge in [-0.25, -0.2) is 14.8 Å². The third-order valence-corrected chi connectivity index (χ3v) is 5.70. The molecule has 0 saturated carbocycles. The number of ether oxygens (including phenoxy) is 1. The van der Waals surface area contributed by atoms with E-state index in [0.29, 0.717) is 5.69 Å². The summed E-state index contributed by atoms with van der Waals surface area (Å²) in [5.74, 6) is 1.76. The van der Waals surface area contributed by atoms with Crippen molar-refractivity contribution in [3.05, 3.63) is 48.4 Å². The van der Waals surface area contributed by atoms with E-state index in [4.69, 9.17) is 10.5 Å². The summed E-state index contributed by atoms with van der Waals surface area (Å²) in [6.45, 7) is 0. The Bertz CT molecular complexity index is 1040. The van der Waals surface area contributed by atoms with Gasteiger partial charge in [0, 0.05) is 36.4 Å². The first-order valence-electron chi connectivity index (χ1n) is 10.6. The molecule has 1 aromatic carbocycles. The van der Waals surface area contributed by atoms with Gasteiger partial charge in [0.1, 0.15) is 11.6 Å². The second kappa shape index (κ2) is 9.22. The molecule has 5 N–H and O–H groups in total. The number of hydrogen-bond donors (Lipinski definition) is 4. The standard InChI is InChI=1S/C22H29N7O2/c1-29-11-10-24-21(29)17-7-5-3-4-6-16(23)20-25-13-19(28-20)15-9-8-14(12-18(15)27-17)26-22(30)31-2/h8-13,16-17,27H,3-7,23H2,1-2H3,(H,25,28)(H,26,30)/t16-,17+/m0/s1. The van der Waals surface area contributed by atoms with Gasteiger partial charge < -0.3 is 25.3 Å². The predicted molar refractivity (Wildman–Crippen MR) is 120 cm³/mol. The van der Waals surface area contributed by atoms with E-state index in [1.54, 1.807) is 0 Å². The molecule has 3 aromatic rings. The zero-order valence-corrected chi connectivity index (χ0v) is 17.9. The summed E-state index contributed by atoms with van der Waals surface area (Å²) < 4.78 is 6.78. The fourth-order valence-electron chi connectivity index (χ4n) is 4.00. The van der Waals surface area contributed by atoms with Gasteiger partial charge in [-0.05, 0) is 31.0 Å². The zero-order chi connectivity index (χ0) is 21.8. The van der Waals surface area contributed by atoms with Gasteiger partial charge in [0.2, 0.25) is 0 Å². The molecule has 0 fully saturated rings. The lowest BCUT2D eigenvalue weighted by Crippen LogP contribution is -2.17. The quantitative estimate of drug-likeness (QED) is 0.492.